The first-order valence-electron chi connectivity index (χ1n) is 12.0. The molecule has 0 spiro atoms. The molecule has 0 unspecified atom stereocenters. The van der Waals surface area contributed by atoms with Gasteiger partial charge in [-0.1, -0.05) is 40.2 Å². The summed E-state index contributed by atoms with van der Waals surface area (Å²) in [6.45, 7) is 4.07. The quantitative estimate of drug-likeness (QED) is 0.256. The Morgan fingerprint density at radius 1 is 1.00 bits per heavy atom. The number of hydrogen-bond acceptors (Lipinski definition) is 7. The average Bonchev–Trinajstić information content (AvgIpc) is 2.91. The van der Waals surface area contributed by atoms with E-state index < -0.39 is 26.7 Å². The number of halogens is 1. The van der Waals surface area contributed by atoms with Crippen LogP contribution >= 0.6 is 15.9 Å². The minimum Gasteiger partial charge on any atom is -0.438 e. The number of hydrogen-bond donors (Lipinski definition) is 1. The summed E-state index contributed by atoms with van der Waals surface area (Å²) in [5.41, 5.74) is 5.16. The highest BCUT2D eigenvalue weighted by molar-refractivity contribution is 9.10. The van der Waals surface area contributed by atoms with E-state index in [4.69, 9.17) is 10.00 Å². The molecule has 0 radical (unpaired) electrons. The Hall–Kier alpha value is -4.07. The number of nitriles is 1. The molecule has 0 bridgehead atoms. The average molecular weight is 606 g/mol. The van der Waals surface area contributed by atoms with Crippen LogP contribution in [0.4, 0.5) is 0 Å². The van der Waals surface area contributed by atoms with Crippen LogP contribution in [-0.4, -0.2) is 36.6 Å². The molecule has 1 heterocycles. The smallest absolute Gasteiger partial charge is 0.250 e. The van der Waals surface area contributed by atoms with Crippen molar-refractivity contribution in [1.82, 2.24) is 15.3 Å². The van der Waals surface area contributed by atoms with E-state index in [1.165, 1.54) is 12.3 Å². The fourth-order valence-electron chi connectivity index (χ4n) is 3.94. The van der Waals surface area contributed by atoms with Crippen LogP contribution in [0.25, 0.3) is 11.1 Å². The van der Waals surface area contributed by atoms with Gasteiger partial charge in [0.15, 0.2) is 0 Å². The van der Waals surface area contributed by atoms with Crippen LogP contribution in [0.3, 0.4) is 0 Å². The molecule has 0 saturated carbocycles. The highest BCUT2D eigenvalue weighted by atomic mass is 79.9. The molecule has 0 saturated heterocycles. The Morgan fingerprint density at radius 3 is 2.31 bits per heavy atom. The van der Waals surface area contributed by atoms with Crippen LogP contribution < -0.4 is 10.1 Å². The number of carbonyl (C=O) groups is 1. The number of sulfone groups is 1. The molecule has 4 aromatic rings. The maximum absolute atomic E-state index is 12.8. The summed E-state index contributed by atoms with van der Waals surface area (Å²) in [6, 6.07) is 22.4. The van der Waals surface area contributed by atoms with Crippen molar-refractivity contribution < 1.29 is 17.9 Å². The van der Waals surface area contributed by atoms with Crippen molar-refractivity contribution in [2.24, 2.45) is 0 Å². The van der Waals surface area contributed by atoms with Gasteiger partial charge in [-0.05, 0) is 84.5 Å². The van der Waals surface area contributed by atoms with Crippen LogP contribution in [0.15, 0.2) is 82.6 Å². The number of benzene rings is 3. The lowest BCUT2D eigenvalue weighted by Crippen LogP contribution is -2.32. The Morgan fingerprint density at radius 2 is 1.67 bits per heavy atom. The molecule has 0 aliphatic rings. The first-order valence-corrected chi connectivity index (χ1v) is 14.5. The normalized spacial score (nSPS) is 11.0. The van der Waals surface area contributed by atoms with E-state index in [0.717, 1.165) is 32.3 Å². The second-order valence-corrected chi connectivity index (χ2v) is 11.7. The third-order valence-electron chi connectivity index (χ3n) is 5.87. The number of nitrogens with zero attached hydrogens (tertiary/aromatic N) is 3. The molecule has 0 fully saturated rings. The van der Waals surface area contributed by atoms with Crippen LogP contribution in [0.2, 0.25) is 0 Å². The monoisotopic (exact) mass is 604 g/mol. The van der Waals surface area contributed by atoms with E-state index in [-0.39, 0.29) is 5.88 Å². The van der Waals surface area contributed by atoms with Crippen molar-refractivity contribution in [2.45, 2.75) is 25.4 Å². The molecular formula is C29H25BrN4O4S. The molecule has 1 N–H and O–H groups in total. The van der Waals surface area contributed by atoms with E-state index in [9.17, 15) is 13.2 Å². The summed E-state index contributed by atoms with van der Waals surface area (Å²) in [7, 11) is -4.09. The second kappa shape index (κ2) is 12.2. The highest BCUT2D eigenvalue weighted by Gasteiger charge is 2.23. The van der Waals surface area contributed by atoms with Gasteiger partial charge in [0.25, 0.3) is 5.16 Å². The minimum atomic E-state index is -4.09. The van der Waals surface area contributed by atoms with Crippen LogP contribution in [-0.2, 0) is 21.1 Å². The standard InChI is InChI=1S/C29H25BrN4O4S/c1-19-15-24(23-7-3-22(17-31)4-8-23)16-20(2)28(19)38-27-12-14-33-29(34-27)39(36,37)18-26(35)32-13-11-21-5-9-25(30)10-6-21/h3-10,12,14-16H,11,13,18H2,1-2H3,(H,32,35). The minimum absolute atomic E-state index is 0.0524. The summed E-state index contributed by atoms with van der Waals surface area (Å²) in [4.78, 5) is 20.3. The Balaban J connectivity index is 1.43. The van der Waals surface area contributed by atoms with E-state index >= 15 is 0 Å². The first-order chi connectivity index (χ1) is 18.6. The number of aryl methyl sites for hydroxylation is 2. The molecule has 39 heavy (non-hydrogen) atoms. The molecule has 10 heteroatoms. The largest absolute Gasteiger partial charge is 0.438 e. The molecule has 0 aliphatic carbocycles. The zero-order valence-electron chi connectivity index (χ0n) is 21.3. The third-order valence-corrected chi connectivity index (χ3v) is 7.79. The van der Waals surface area contributed by atoms with E-state index in [0.29, 0.717) is 24.3 Å². The molecule has 1 amide bonds. The van der Waals surface area contributed by atoms with Gasteiger partial charge in [-0.2, -0.15) is 10.2 Å². The lowest BCUT2D eigenvalue weighted by molar-refractivity contribution is -0.118. The van der Waals surface area contributed by atoms with Crippen molar-refractivity contribution in [3.63, 3.8) is 0 Å². The number of nitrogens with one attached hydrogen (secondary N) is 1. The highest BCUT2D eigenvalue weighted by Crippen LogP contribution is 2.33. The van der Waals surface area contributed by atoms with Crippen molar-refractivity contribution >= 4 is 31.7 Å². The van der Waals surface area contributed by atoms with Crippen LogP contribution in [0.1, 0.15) is 22.3 Å². The summed E-state index contributed by atoms with van der Waals surface area (Å²) in [5.74, 6) is -0.808. The van der Waals surface area contributed by atoms with Crippen molar-refractivity contribution in [3.05, 3.63) is 99.7 Å². The number of aromatic nitrogens is 2. The van der Waals surface area contributed by atoms with Gasteiger partial charge in [-0.25, -0.2) is 13.4 Å². The predicted octanol–water partition coefficient (Wildman–Crippen LogP) is 5.32. The Labute approximate surface area is 235 Å². The van der Waals surface area contributed by atoms with Crippen LogP contribution in [0.5, 0.6) is 11.6 Å². The molecule has 3 aromatic carbocycles. The molecule has 0 aliphatic heterocycles. The maximum Gasteiger partial charge on any atom is 0.250 e. The predicted molar refractivity (Wildman–Crippen MR) is 151 cm³/mol. The molecule has 198 valence electrons. The number of ether oxygens (including phenoxy) is 1. The number of carbonyl (C=O) groups excluding carboxylic acids is 1. The Kier molecular flexibility index (Phi) is 8.74. The lowest BCUT2D eigenvalue weighted by Gasteiger charge is -2.14. The van der Waals surface area contributed by atoms with Crippen molar-refractivity contribution in [3.8, 4) is 28.8 Å². The van der Waals surface area contributed by atoms with Gasteiger partial charge in [0.05, 0.1) is 11.6 Å². The van der Waals surface area contributed by atoms with Gasteiger partial charge in [0, 0.05) is 23.3 Å². The maximum atomic E-state index is 12.8. The Bertz CT molecular complexity index is 1630. The fourth-order valence-corrected chi connectivity index (χ4v) is 5.23. The summed E-state index contributed by atoms with van der Waals surface area (Å²) >= 11 is 3.37. The van der Waals surface area contributed by atoms with Crippen molar-refractivity contribution in [1.29, 1.82) is 5.26 Å². The van der Waals surface area contributed by atoms with E-state index in [1.807, 2.05) is 62.4 Å². The SMILES string of the molecule is Cc1cc(-c2ccc(C#N)cc2)cc(C)c1Oc1ccnc(S(=O)(=O)CC(=O)NCCc2ccc(Br)cc2)n1. The van der Waals surface area contributed by atoms with Gasteiger partial charge >= 0.3 is 0 Å². The summed E-state index contributed by atoms with van der Waals surface area (Å²) in [6.07, 6.45) is 1.86. The van der Waals surface area contributed by atoms with E-state index in [2.05, 4.69) is 37.3 Å². The zero-order valence-corrected chi connectivity index (χ0v) is 23.7. The second-order valence-electron chi connectivity index (χ2n) is 8.89. The van der Waals surface area contributed by atoms with Crippen LogP contribution in [0, 0.1) is 25.2 Å². The van der Waals surface area contributed by atoms with E-state index in [1.54, 1.807) is 12.1 Å². The molecule has 0 atom stereocenters. The molecule has 1 aromatic heterocycles. The lowest BCUT2D eigenvalue weighted by atomic mass is 9.99. The third kappa shape index (κ3) is 7.28. The van der Waals surface area contributed by atoms with Gasteiger partial charge < -0.3 is 10.1 Å². The topological polar surface area (TPSA) is 122 Å². The molecular weight excluding hydrogens is 580 g/mol. The molecule has 4 rings (SSSR count). The number of amides is 1. The number of rotatable bonds is 9. The first kappa shape index (κ1) is 28.0. The van der Waals surface area contributed by atoms with Gasteiger partial charge in [-0.15, -0.1) is 0 Å². The fraction of sp³-hybridized carbons (Fsp3) is 0.172. The summed E-state index contributed by atoms with van der Waals surface area (Å²) < 4.78 is 32.6. The summed E-state index contributed by atoms with van der Waals surface area (Å²) in [5, 5.41) is 11.2. The van der Waals surface area contributed by atoms with Gasteiger partial charge in [0.1, 0.15) is 11.5 Å². The van der Waals surface area contributed by atoms with Crippen molar-refractivity contribution in [2.75, 3.05) is 12.3 Å². The van der Waals surface area contributed by atoms with Gasteiger partial charge in [-0.3, -0.25) is 4.79 Å². The van der Waals surface area contributed by atoms with Gasteiger partial charge in [0.2, 0.25) is 21.6 Å². The molecule has 8 nitrogen and oxygen atoms in total. The zero-order chi connectivity index (χ0) is 28.0.